The Bertz CT molecular complexity index is 506. The summed E-state index contributed by atoms with van der Waals surface area (Å²) in [4.78, 5) is 6.87. The zero-order valence-electron chi connectivity index (χ0n) is 13.3. The van der Waals surface area contributed by atoms with Gasteiger partial charge in [0.05, 0.1) is 6.54 Å². The molecule has 1 N–H and O–H groups in total. The number of aryl methyl sites for hydroxylation is 1. The first kappa shape index (κ1) is 14.4. The second kappa shape index (κ2) is 6.03. The molecule has 0 aromatic carbocycles. The Morgan fingerprint density at radius 1 is 1.24 bits per heavy atom. The van der Waals surface area contributed by atoms with Gasteiger partial charge in [0.1, 0.15) is 5.82 Å². The highest BCUT2D eigenvalue weighted by Gasteiger charge is 2.35. The first-order chi connectivity index (χ1) is 10.2. The molecule has 1 aliphatic carbocycles. The SMILES string of the molecule is CN=C(NCc1nnc(C)n1C)N1CC2CCCCC2C1. The fourth-order valence-electron chi connectivity index (χ4n) is 3.67. The van der Waals surface area contributed by atoms with Crippen molar-refractivity contribution in [2.45, 2.75) is 39.2 Å². The Morgan fingerprint density at radius 2 is 1.90 bits per heavy atom. The van der Waals surface area contributed by atoms with Gasteiger partial charge < -0.3 is 14.8 Å². The molecule has 2 atom stereocenters. The van der Waals surface area contributed by atoms with Crippen molar-refractivity contribution in [3.05, 3.63) is 11.6 Å². The third kappa shape index (κ3) is 2.89. The van der Waals surface area contributed by atoms with Crippen LogP contribution in [0.25, 0.3) is 0 Å². The van der Waals surface area contributed by atoms with Crippen molar-refractivity contribution >= 4 is 5.96 Å². The number of likely N-dealkylation sites (tertiary alicyclic amines) is 1. The van der Waals surface area contributed by atoms with E-state index in [9.17, 15) is 0 Å². The number of nitrogens with zero attached hydrogens (tertiary/aromatic N) is 5. The van der Waals surface area contributed by atoms with Crippen LogP contribution >= 0.6 is 0 Å². The zero-order chi connectivity index (χ0) is 14.8. The molecule has 6 nitrogen and oxygen atoms in total. The lowest BCUT2D eigenvalue weighted by molar-refractivity contribution is 0.299. The van der Waals surface area contributed by atoms with E-state index in [1.807, 2.05) is 25.6 Å². The highest BCUT2D eigenvalue weighted by molar-refractivity contribution is 5.80. The van der Waals surface area contributed by atoms with Crippen molar-refractivity contribution in [1.82, 2.24) is 25.0 Å². The van der Waals surface area contributed by atoms with Crippen LogP contribution in [-0.2, 0) is 13.6 Å². The molecule has 6 heteroatoms. The van der Waals surface area contributed by atoms with E-state index in [-0.39, 0.29) is 0 Å². The van der Waals surface area contributed by atoms with Crippen molar-refractivity contribution in [2.24, 2.45) is 23.9 Å². The zero-order valence-corrected chi connectivity index (χ0v) is 13.3. The maximum Gasteiger partial charge on any atom is 0.194 e. The summed E-state index contributed by atoms with van der Waals surface area (Å²) in [6.45, 7) is 4.96. The topological polar surface area (TPSA) is 58.3 Å². The maximum atomic E-state index is 4.45. The molecule has 1 saturated heterocycles. The summed E-state index contributed by atoms with van der Waals surface area (Å²) in [7, 11) is 3.87. The lowest BCUT2D eigenvalue weighted by Gasteiger charge is -2.22. The number of rotatable bonds is 2. The average molecular weight is 290 g/mol. The van der Waals surface area contributed by atoms with Gasteiger partial charge in [-0.1, -0.05) is 12.8 Å². The van der Waals surface area contributed by atoms with Crippen molar-refractivity contribution in [1.29, 1.82) is 0 Å². The van der Waals surface area contributed by atoms with E-state index in [1.165, 1.54) is 25.7 Å². The smallest absolute Gasteiger partial charge is 0.194 e. The van der Waals surface area contributed by atoms with Crippen LogP contribution in [0.1, 0.15) is 37.3 Å². The average Bonchev–Trinajstić information content (AvgIpc) is 3.05. The first-order valence-electron chi connectivity index (χ1n) is 7.99. The molecule has 2 heterocycles. The maximum absolute atomic E-state index is 4.45. The normalized spacial score (nSPS) is 26.0. The van der Waals surface area contributed by atoms with Crippen LogP contribution < -0.4 is 5.32 Å². The Balaban J connectivity index is 1.60. The molecule has 1 aromatic heterocycles. The minimum Gasteiger partial charge on any atom is -0.349 e. The third-order valence-corrected chi connectivity index (χ3v) is 5.07. The highest BCUT2D eigenvalue weighted by Crippen LogP contribution is 2.35. The fourth-order valence-corrected chi connectivity index (χ4v) is 3.67. The van der Waals surface area contributed by atoms with E-state index in [0.29, 0.717) is 6.54 Å². The van der Waals surface area contributed by atoms with Crippen molar-refractivity contribution in [2.75, 3.05) is 20.1 Å². The number of fused-ring (bicyclic) bond motifs is 1. The van der Waals surface area contributed by atoms with Crippen LogP contribution in [0.3, 0.4) is 0 Å². The highest BCUT2D eigenvalue weighted by atomic mass is 15.3. The van der Waals surface area contributed by atoms with Gasteiger partial charge in [-0.2, -0.15) is 0 Å². The summed E-state index contributed by atoms with van der Waals surface area (Å²) in [6.07, 6.45) is 5.58. The summed E-state index contributed by atoms with van der Waals surface area (Å²) in [5.41, 5.74) is 0. The largest absolute Gasteiger partial charge is 0.349 e. The molecule has 3 rings (SSSR count). The Morgan fingerprint density at radius 3 is 2.43 bits per heavy atom. The Kier molecular flexibility index (Phi) is 4.12. The lowest BCUT2D eigenvalue weighted by atomic mass is 9.82. The van der Waals surface area contributed by atoms with Gasteiger partial charge in [-0.15, -0.1) is 10.2 Å². The van der Waals surface area contributed by atoms with Gasteiger partial charge in [0.25, 0.3) is 0 Å². The fraction of sp³-hybridized carbons (Fsp3) is 0.800. The number of aliphatic imine (C=N–C) groups is 1. The lowest BCUT2D eigenvalue weighted by Crippen LogP contribution is -2.40. The van der Waals surface area contributed by atoms with Gasteiger partial charge in [-0.05, 0) is 31.6 Å². The molecule has 1 aliphatic heterocycles. The van der Waals surface area contributed by atoms with Crippen LogP contribution in [0, 0.1) is 18.8 Å². The summed E-state index contributed by atoms with van der Waals surface area (Å²) in [5.74, 6) is 4.63. The molecule has 2 aliphatic rings. The quantitative estimate of drug-likeness (QED) is 0.659. The van der Waals surface area contributed by atoms with E-state index in [1.54, 1.807) is 0 Å². The van der Waals surface area contributed by atoms with Gasteiger partial charge in [0, 0.05) is 27.2 Å². The van der Waals surface area contributed by atoms with Gasteiger partial charge in [-0.3, -0.25) is 4.99 Å². The molecule has 0 radical (unpaired) electrons. The molecular weight excluding hydrogens is 264 g/mol. The van der Waals surface area contributed by atoms with E-state index in [2.05, 4.69) is 25.4 Å². The number of guanidine groups is 1. The van der Waals surface area contributed by atoms with Crippen LogP contribution in [0.15, 0.2) is 4.99 Å². The van der Waals surface area contributed by atoms with E-state index >= 15 is 0 Å². The third-order valence-electron chi connectivity index (χ3n) is 5.07. The molecule has 0 spiro atoms. The van der Waals surface area contributed by atoms with E-state index in [4.69, 9.17) is 0 Å². The van der Waals surface area contributed by atoms with Crippen LogP contribution in [0.5, 0.6) is 0 Å². The molecule has 0 amide bonds. The molecule has 1 saturated carbocycles. The monoisotopic (exact) mass is 290 g/mol. The van der Waals surface area contributed by atoms with E-state index in [0.717, 1.165) is 42.5 Å². The number of hydrogen-bond acceptors (Lipinski definition) is 3. The second-order valence-electron chi connectivity index (χ2n) is 6.33. The van der Waals surface area contributed by atoms with Gasteiger partial charge in [0.15, 0.2) is 11.8 Å². The van der Waals surface area contributed by atoms with Crippen LogP contribution in [0.4, 0.5) is 0 Å². The minimum absolute atomic E-state index is 0.676. The molecule has 116 valence electrons. The summed E-state index contributed by atoms with van der Waals surface area (Å²) >= 11 is 0. The molecule has 2 unspecified atom stereocenters. The molecule has 21 heavy (non-hydrogen) atoms. The summed E-state index contributed by atoms with van der Waals surface area (Å²) in [6, 6.07) is 0. The molecule has 0 bridgehead atoms. The number of nitrogens with one attached hydrogen (secondary N) is 1. The molecule has 2 fully saturated rings. The van der Waals surface area contributed by atoms with Gasteiger partial charge in [0.2, 0.25) is 0 Å². The Hall–Kier alpha value is -1.59. The second-order valence-corrected chi connectivity index (χ2v) is 6.33. The first-order valence-corrected chi connectivity index (χ1v) is 7.99. The van der Waals surface area contributed by atoms with Gasteiger partial charge >= 0.3 is 0 Å². The van der Waals surface area contributed by atoms with Crippen LogP contribution in [-0.4, -0.2) is 45.8 Å². The number of aromatic nitrogens is 3. The minimum atomic E-state index is 0.676. The van der Waals surface area contributed by atoms with Crippen molar-refractivity contribution in [3.63, 3.8) is 0 Å². The van der Waals surface area contributed by atoms with E-state index < -0.39 is 0 Å². The summed E-state index contributed by atoms with van der Waals surface area (Å²) < 4.78 is 2.02. The number of hydrogen-bond donors (Lipinski definition) is 1. The standard InChI is InChI=1S/C15H26N6/c1-11-18-19-14(20(11)3)8-17-15(16-2)21-9-12-6-4-5-7-13(12)10-21/h12-13H,4-10H2,1-3H3,(H,16,17). The predicted octanol–water partition coefficient (Wildman–Crippen LogP) is 1.32. The molecular formula is C15H26N6. The van der Waals surface area contributed by atoms with Crippen molar-refractivity contribution < 1.29 is 0 Å². The Labute approximate surface area is 126 Å². The summed E-state index contributed by atoms with van der Waals surface area (Å²) in [5, 5.41) is 11.7. The van der Waals surface area contributed by atoms with Crippen LogP contribution in [0.2, 0.25) is 0 Å². The van der Waals surface area contributed by atoms with Gasteiger partial charge in [-0.25, -0.2) is 0 Å². The predicted molar refractivity (Wildman–Crippen MR) is 83.0 cm³/mol. The van der Waals surface area contributed by atoms with Crippen molar-refractivity contribution in [3.8, 4) is 0 Å². The molecule has 1 aromatic rings.